The molecule has 1 unspecified atom stereocenters. The van der Waals surface area contributed by atoms with Gasteiger partial charge in [-0.1, -0.05) is 20.3 Å². The van der Waals surface area contributed by atoms with Crippen LogP contribution in [0.15, 0.2) is 0 Å². The number of hydrogen-bond donors (Lipinski definition) is 2. The Balaban J connectivity index is 0. The van der Waals surface area contributed by atoms with Crippen LogP contribution in [-0.2, 0) is 4.79 Å². The van der Waals surface area contributed by atoms with Crippen LogP contribution < -0.4 is 10.6 Å². The molecule has 0 saturated heterocycles. The van der Waals surface area contributed by atoms with Crippen molar-refractivity contribution in [3.63, 3.8) is 0 Å². The zero-order chi connectivity index (χ0) is 10.7. The molecular formula is C9H22N2OS. The van der Waals surface area contributed by atoms with Crippen LogP contribution in [-0.4, -0.2) is 31.1 Å². The Bertz CT molecular complexity index is 120. The highest BCUT2D eigenvalue weighted by Crippen LogP contribution is 1.88. The molecule has 0 aromatic carbocycles. The molecule has 0 aromatic heterocycles. The summed E-state index contributed by atoms with van der Waals surface area (Å²) in [6, 6.07) is -0.0857. The minimum Gasteiger partial charge on any atom is -0.358 e. The van der Waals surface area contributed by atoms with Crippen molar-refractivity contribution in [3.05, 3.63) is 0 Å². The first-order valence-corrected chi connectivity index (χ1v) is 5.97. The molecule has 80 valence electrons. The summed E-state index contributed by atoms with van der Waals surface area (Å²) in [4.78, 5) is 10.8. The number of carbonyl (C=O) groups excluding carboxylic acids is 1. The summed E-state index contributed by atoms with van der Waals surface area (Å²) in [6.45, 7) is 6.09. The van der Waals surface area contributed by atoms with Crippen LogP contribution in [0.2, 0.25) is 0 Å². The zero-order valence-electron chi connectivity index (χ0n) is 9.31. The van der Waals surface area contributed by atoms with Crippen LogP contribution in [0.4, 0.5) is 0 Å². The number of rotatable bonds is 4. The van der Waals surface area contributed by atoms with Crippen molar-refractivity contribution in [2.45, 2.75) is 33.2 Å². The lowest BCUT2D eigenvalue weighted by Crippen LogP contribution is -2.40. The molecule has 0 radical (unpaired) electrons. The molecule has 0 aromatic rings. The maximum atomic E-state index is 10.8. The van der Waals surface area contributed by atoms with Crippen molar-refractivity contribution in [3.8, 4) is 0 Å². The Kier molecular flexibility index (Phi) is 13.8. The predicted molar refractivity (Wildman–Crippen MR) is 61.0 cm³/mol. The minimum atomic E-state index is -0.0857. The molecule has 2 N–H and O–H groups in total. The average molecular weight is 206 g/mol. The van der Waals surface area contributed by atoms with Gasteiger partial charge in [-0.25, -0.2) is 0 Å². The molecule has 1 atom stereocenters. The van der Waals surface area contributed by atoms with E-state index in [-0.39, 0.29) is 11.9 Å². The quantitative estimate of drug-likeness (QED) is 0.684. The van der Waals surface area contributed by atoms with Crippen molar-refractivity contribution >= 4 is 17.7 Å². The highest BCUT2D eigenvalue weighted by Gasteiger charge is 2.07. The molecule has 0 spiro atoms. The van der Waals surface area contributed by atoms with Gasteiger partial charge in [0.05, 0.1) is 6.04 Å². The van der Waals surface area contributed by atoms with Crippen LogP contribution in [0.5, 0.6) is 0 Å². The first-order valence-electron chi connectivity index (χ1n) is 4.57. The average Bonchev–Trinajstić information content (AvgIpc) is 2.14. The van der Waals surface area contributed by atoms with Crippen molar-refractivity contribution in [2.24, 2.45) is 0 Å². The fourth-order valence-corrected chi connectivity index (χ4v) is 0.934. The molecule has 0 saturated carbocycles. The van der Waals surface area contributed by atoms with Gasteiger partial charge in [0, 0.05) is 12.9 Å². The molecule has 1 amide bonds. The number of nitrogens with one attached hydrogen (secondary N) is 2. The summed E-state index contributed by atoms with van der Waals surface area (Å²) in [5.74, 6) is 0.850. The third-order valence-electron chi connectivity index (χ3n) is 1.17. The molecule has 0 fully saturated rings. The minimum absolute atomic E-state index is 0.0362. The van der Waals surface area contributed by atoms with Crippen molar-refractivity contribution < 1.29 is 4.79 Å². The van der Waals surface area contributed by atoms with E-state index in [1.54, 1.807) is 18.8 Å². The van der Waals surface area contributed by atoms with Gasteiger partial charge in [0.1, 0.15) is 0 Å². The lowest BCUT2D eigenvalue weighted by Gasteiger charge is -2.09. The number of thioether (sulfide) groups is 1. The Morgan fingerprint density at radius 2 is 1.92 bits per heavy atom. The van der Waals surface area contributed by atoms with Gasteiger partial charge in [0.2, 0.25) is 5.91 Å². The van der Waals surface area contributed by atoms with E-state index in [0.29, 0.717) is 0 Å². The molecule has 4 heteroatoms. The second kappa shape index (κ2) is 11.8. The highest BCUT2D eigenvalue weighted by atomic mass is 32.2. The molecular weight excluding hydrogens is 184 g/mol. The predicted octanol–water partition coefficient (Wildman–Crippen LogP) is 1.45. The molecule has 3 nitrogen and oxygen atoms in total. The van der Waals surface area contributed by atoms with E-state index in [4.69, 9.17) is 0 Å². The Labute approximate surface area is 86.0 Å². The third-order valence-corrected chi connectivity index (χ3v) is 1.63. The molecule has 0 aliphatic rings. The van der Waals surface area contributed by atoms with Crippen LogP contribution in [0.1, 0.15) is 27.2 Å². The summed E-state index contributed by atoms with van der Waals surface area (Å²) in [5.41, 5.74) is 0. The first-order chi connectivity index (χ1) is 6.13. The zero-order valence-corrected chi connectivity index (χ0v) is 10.1. The van der Waals surface area contributed by atoms with Crippen molar-refractivity contribution in [2.75, 3.05) is 19.2 Å². The SMILES string of the molecule is CCC.CNC(=O)C(C)NCSC. The molecule has 0 bridgehead atoms. The van der Waals surface area contributed by atoms with E-state index in [2.05, 4.69) is 24.5 Å². The molecule has 0 aliphatic carbocycles. The normalized spacial score (nSPS) is 11.2. The molecule has 13 heavy (non-hydrogen) atoms. The lowest BCUT2D eigenvalue weighted by molar-refractivity contribution is -0.122. The van der Waals surface area contributed by atoms with E-state index in [9.17, 15) is 4.79 Å². The highest BCUT2D eigenvalue weighted by molar-refractivity contribution is 7.98. The summed E-state index contributed by atoms with van der Waals surface area (Å²) >= 11 is 1.67. The fraction of sp³-hybridized carbons (Fsp3) is 0.889. The maximum absolute atomic E-state index is 10.8. The summed E-state index contributed by atoms with van der Waals surface area (Å²) in [7, 11) is 1.64. The van der Waals surface area contributed by atoms with Crippen molar-refractivity contribution in [1.29, 1.82) is 0 Å². The number of amides is 1. The van der Waals surface area contributed by atoms with Gasteiger partial charge in [-0.05, 0) is 13.2 Å². The van der Waals surface area contributed by atoms with E-state index >= 15 is 0 Å². The van der Waals surface area contributed by atoms with Gasteiger partial charge >= 0.3 is 0 Å². The summed E-state index contributed by atoms with van der Waals surface area (Å²) in [6.07, 6.45) is 3.24. The smallest absolute Gasteiger partial charge is 0.236 e. The van der Waals surface area contributed by atoms with E-state index in [1.165, 1.54) is 6.42 Å². The van der Waals surface area contributed by atoms with E-state index in [1.807, 2.05) is 13.2 Å². The largest absolute Gasteiger partial charge is 0.358 e. The van der Waals surface area contributed by atoms with E-state index < -0.39 is 0 Å². The maximum Gasteiger partial charge on any atom is 0.236 e. The summed E-state index contributed by atoms with van der Waals surface area (Å²) < 4.78 is 0. The topological polar surface area (TPSA) is 41.1 Å². The van der Waals surface area contributed by atoms with Crippen LogP contribution in [0.3, 0.4) is 0 Å². The Morgan fingerprint density at radius 1 is 1.46 bits per heavy atom. The van der Waals surface area contributed by atoms with Crippen molar-refractivity contribution in [1.82, 2.24) is 10.6 Å². The van der Waals surface area contributed by atoms with Crippen LogP contribution >= 0.6 is 11.8 Å². The van der Waals surface area contributed by atoms with Gasteiger partial charge in [-0.3, -0.25) is 10.1 Å². The fourth-order valence-electron chi connectivity index (χ4n) is 0.518. The molecule has 0 rings (SSSR count). The summed E-state index contributed by atoms with van der Waals surface area (Å²) in [5, 5.41) is 5.60. The lowest BCUT2D eigenvalue weighted by atomic mass is 10.3. The molecule has 0 aliphatic heterocycles. The van der Waals surface area contributed by atoms with Gasteiger partial charge in [0.25, 0.3) is 0 Å². The third kappa shape index (κ3) is 11.8. The number of likely N-dealkylation sites (N-methyl/N-ethyl adjacent to an activating group) is 1. The Hall–Kier alpha value is -0.220. The van der Waals surface area contributed by atoms with Gasteiger partial charge in [-0.15, -0.1) is 11.8 Å². The second-order valence-corrected chi connectivity index (χ2v) is 3.55. The monoisotopic (exact) mass is 206 g/mol. The first kappa shape index (κ1) is 15.3. The van der Waals surface area contributed by atoms with Crippen LogP contribution in [0.25, 0.3) is 0 Å². The second-order valence-electron chi connectivity index (χ2n) is 2.68. The van der Waals surface area contributed by atoms with Gasteiger partial charge in [-0.2, -0.15) is 0 Å². The van der Waals surface area contributed by atoms with Crippen LogP contribution in [0, 0.1) is 0 Å². The Morgan fingerprint density at radius 3 is 2.23 bits per heavy atom. The standard InChI is InChI=1S/C6H14N2OS.C3H8/c1-5(6(9)7-2)8-4-10-3;1-3-2/h5,8H,4H2,1-3H3,(H,7,9);3H2,1-2H3. The van der Waals surface area contributed by atoms with Gasteiger partial charge < -0.3 is 5.32 Å². The number of carbonyl (C=O) groups is 1. The van der Waals surface area contributed by atoms with Gasteiger partial charge in [0.15, 0.2) is 0 Å². The van der Waals surface area contributed by atoms with E-state index in [0.717, 1.165) is 5.88 Å². The molecule has 0 heterocycles. The number of hydrogen-bond acceptors (Lipinski definition) is 3.